The van der Waals surface area contributed by atoms with Crippen molar-refractivity contribution in [1.29, 1.82) is 0 Å². The standard InChI is InChI=1S/C17H23N3O2/c1-11(16-12(2)19-20-13(16)3)17(21)18-10-9-14-7-5-6-8-15(14)22-4/h5-8,11H,9-10H2,1-4H3,(H,18,21)(H,19,20). The minimum Gasteiger partial charge on any atom is -0.496 e. The Hall–Kier alpha value is -2.30. The second-order valence-electron chi connectivity index (χ2n) is 5.42. The Morgan fingerprint density at radius 2 is 2.09 bits per heavy atom. The van der Waals surface area contributed by atoms with E-state index in [1.807, 2.05) is 45.0 Å². The fourth-order valence-corrected chi connectivity index (χ4v) is 2.71. The molecule has 1 unspecified atom stereocenters. The second kappa shape index (κ2) is 7.11. The molecule has 0 bridgehead atoms. The molecule has 0 saturated carbocycles. The zero-order chi connectivity index (χ0) is 16.1. The molecule has 1 atom stereocenters. The van der Waals surface area contributed by atoms with Gasteiger partial charge in [-0.05, 0) is 38.8 Å². The fraction of sp³-hybridized carbons (Fsp3) is 0.412. The molecule has 0 aliphatic rings. The number of para-hydroxylation sites is 1. The fourth-order valence-electron chi connectivity index (χ4n) is 2.71. The van der Waals surface area contributed by atoms with Crippen molar-refractivity contribution >= 4 is 5.91 Å². The van der Waals surface area contributed by atoms with E-state index in [-0.39, 0.29) is 11.8 Å². The first-order chi connectivity index (χ1) is 10.5. The molecule has 0 fully saturated rings. The normalized spacial score (nSPS) is 12.0. The van der Waals surface area contributed by atoms with Crippen LogP contribution in [0.4, 0.5) is 0 Å². The van der Waals surface area contributed by atoms with Gasteiger partial charge in [0.2, 0.25) is 5.91 Å². The van der Waals surface area contributed by atoms with Gasteiger partial charge in [0.25, 0.3) is 0 Å². The average Bonchev–Trinajstić information content (AvgIpc) is 2.86. The molecule has 2 N–H and O–H groups in total. The Labute approximate surface area is 131 Å². The number of nitrogens with zero attached hydrogens (tertiary/aromatic N) is 1. The molecule has 118 valence electrons. The topological polar surface area (TPSA) is 67.0 Å². The van der Waals surface area contributed by atoms with E-state index in [1.165, 1.54) is 0 Å². The molecule has 2 aromatic rings. The molecule has 0 aliphatic heterocycles. The van der Waals surface area contributed by atoms with Gasteiger partial charge in [0.15, 0.2) is 0 Å². The number of amides is 1. The Morgan fingerprint density at radius 3 is 2.73 bits per heavy atom. The number of aromatic amines is 1. The SMILES string of the molecule is COc1ccccc1CCNC(=O)C(C)c1c(C)n[nH]c1C. The zero-order valence-corrected chi connectivity index (χ0v) is 13.6. The Morgan fingerprint density at radius 1 is 1.36 bits per heavy atom. The van der Waals surface area contributed by atoms with Crippen LogP contribution in [0.15, 0.2) is 24.3 Å². The predicted molar refractivity (Wildman–Crippen MR) is 86.2 cm³/mol. The summed E-state index contributed by atoms with van der Waals surface area (Å²) in [5.74, 6) is 0.658. The highest BCUT2D eigenvalue weighted by molar-refractivity contribution is 5.83. The molecule has 2 rings (SSSR count). The highest BCUT2D eigenvalue weighted by Gasteiger charge is 2.20. The summed E-state index contributed by atoms with van der Waals surface area (Å²) in [7, 11) is 1.66. The molecule has 0 aliphatic carbocycles. The van der Waals surface area contributed by atoms with Crippen LogP contribution in [-0.4, -0.2) is 29.8 Å². The summed E-state index contributed by atoms with van der Waals surface area (Å²) < 4.78 is 5.32. The van der Waals surface area contributed by atoms with Crippen LogP contribution >= 0.6 is 0 Å². The quantitative estimate of drug-likeness (QED) is 0.861. The van der Waals surface area contributed by atoms with Crippen molar-refractivity contribution in [2.45, 2.75) is 33.1 Å². The molecule has 0 radical (unpaired) electrons. The number of ether oxygens (including phenoxy) is 1. The van der Waals surface area contributed by atoms with Gasteiger partial charge in [0.05, 0.1) is 18.7 Å². The van der Waals surface area contributed by atoms with Gasteiger partial charge in [-0.3, -0.25) is 9.89 Å². The van der Waals surface area contributed by atoms with Gasteiger partial charge in [0, 0.05) is 17.8 Å². The van der Waals surface area contributed by atoms with Crippen molar-refractivity contribution in [3.8, 4) is 5.75 Å². The molecule has 5 nitrogen and oxygen atoms in total. The number of aryl methyl sites for hydroxylation is 2. The number of aromatic nitrogens is 2. The zero-order valence-electron chi connectivity index (χ0n) is 13.6. The summed E-state index contributed by atoms with van der Waals surface area (Å²) >= 11 is 0. The highest BCUT2D eigenvalue weighted by Crippen LogP contribution is 2.21. The Balaban J connectivity index is 1.93. The first-order valence-corrected chi connectivity index (χ1v) is 7.45. The van der Waals surface area contributed by atoms with Crippen LogP contribution in [-0.2, 0) is 11.2 Å². The van der Waals surface area contributed by atoms with Gasteiger partial charge < -0.3 is 10.1 Å². The largest absolute Gasteiger partial charge is 0.496 e. The van der Waals surface area contributed by atoms with E-state index in [4.69, 9.17) is 4.74 Å². The van der Waals surface area contributed by atoms with Crippen LogP contribution in [0, 0.1) is 13.8 Å². The number of hydrogen-bond donors (Lipinski definition) is 2. The maximum absolute atomic E-state index is 12.3. The van der Waals surface area contributed by atoms with Crippen molar-refractivity contribution < 1.29 is 9.53 Å². The lowest BCUT2D eigenvalue weighted by atomic mass is 9.98. The summed E-state index contributed by atoms with van der Waals surface area (Å²) in [6.45, 7) is 6.34. The lowest BCUT2D eigenvalue weighted by molar-refractivity contribution is -0.122. The molecule has 22 heavy (non-hydrogen) atoms. The number of carbonyl (C=O) groups is 1. The van der Waals surface area contributed by atoms with Crippen molar-refractivity contribution in [1.82, 2.24) is 15.5 Å². The first kappa shape index (κ1) is 16.1. The van der Waals surface area contributed by atoms with E-state index in [2.05, 4.69) is 15.5 Å². The number of nitrogens with one attached hydrogen (secondary N) is 2. The molecule has 1 heterocycles. The predicted octanol–water partition coefficient (Wildman–Crippen LogP) is 2.50. The number of H-pyrrole nitrogens is 1. The van der Waals surface area contributed by atoms with Crippen LogP contribution in [0.5, 0.6) is 5.75 Å². The summed E-state index contributed by atoms with van der Waals surface area (Å²) in [6.07, 6.45) is 0.742. The number of methoxy groups -OCH3 is 1. The van der Waals surface area contributed by atoms with Gasteiger partial charge in [-0.2, -0.15) is 5.10 Å². The van der Waals surface area contributed by atoms with Crippen molar-refractivity contribution in [3.05, 3.63) is 46.8 Å². The van der Waals surface area contributed by atoms with Crippen molar-refractivity contribution in [3.63, 3.8) is 0 Å². The second-order valence-corrected chi connectivity index (χ2v) is 5.42. The number of hydrogen-bond acceptors (Lipinski definition) is 3. The molecule has 0 saturated heterocycles. The smallest absolute Gasteiger partial charge is 0.227 e. The monoisotopic (exact) mass is 301 g/mol. The van der Waals surface area contributed by atoms with Crippen LogP contribution in [0.25, 0.3) is 0 Å². The maximum atomic E-state index is 12.3. The number of carbonyl (C=O) groups excluding carboxylic acids is 1. The molecule has 0 spiro atoms. The van der Waals surface area contributed by atoms with Crippen LogP contribution in [0.1, 0.15) is 35.4 Å². The molecular formula is C17H23N3O2. The van der Waals surface area contributed by atoms with Gasteiger partial charge in [-0.1, -0.05) is 18.2 Å². The molecule has 1 amide bonds. The van der Waals surface area contributed by atoms with E-state index in [0.717, 1.165) is 34.7 Å². The third-order valence-electron chi connectivity index (χ3n) is 3.90. The third-order valence-corrected chi connectivity index (χ3v) is 3.90. The number of benzene rings is 1. The third kappa shape index (κ3) is 3.47. The van der Waals surface area contributed by atoms with Crippen LogP contribution < -0.4 is 10.1 Å². The van der Waals surface area contributed by atoms with Crippen molar-refractivity contribution in [2.75, 3.05) is 13.7 Å². The molecule has 5 heteroatoms. The maximum Gasteiger partial charge on any atom is 0.227 e. The summed E-state index contributed by atoms with van der Waals surface area (Å²) in [6, 6.07) is 7.85. The van der Waals surface area contributed by atoms with E-state index in [9.17, 15) is 4.79 Å². The summed E-state index contributed by atoms with van der Waals surface area (Å²) in [4.78, 5) is 12.3. The van der Waals surface area contributed by atoms with E-state index in [0.29, 0.717) is 6.54 Å². The Kier molecular flexibility index (Phi) is 5.20. The van der Waals surface area contributed by atoms with Gasteiger partial charge in [0.1, 0.15) is 5.75 Å². The average molecular weight is 301 g/mol. The number of rotatable bonds is 6. The summed E-state index contributed by atoms with van der Waals surface area (Å²) in [5, 5.41) is 10.1. The van der Waals surface area contributed by atoms with Gasteiger partial charge in [-0.25, -0.2) is 0 Å². The first-order valence-electron chi connectivity index (χ1n) is 7.45. The van der Waals surface area contributed by atoms with Crippen molar-refractivity contribution in [2.24, 2.45) is 0 Å². The van der Waals surface area contributed by atoms with E-state index in [1.54, 1.807) is 7.11 Å². The molecular weight excluding hydrogens is 278 g/mol. The highest BCUT2D eigenvalue weighted by atomic mass is 16.5. The van der Waals surface area contributed by atoms with Crippen LogP contribution in [0.2, 0.25) is 0 Å². The lowest BCUT2D eigenvalue weighted by Crippen LogP contribution is -2.30. The Bertz CT molecular complexity index is 630. The minimum atomic E-state index is -0.212. The van der Waals surface area contributed by atoms with E-state index < -0.39 is 0 Å². The van der Waals surface area contributed by atoms with E-state index >= 15 is 0 Å². The summed E-state index contributed by atoms with van der Waals surface area (Å²) in [5.41, 5.74) is 3.90. The lowest BCUT2D eigenvalue weighted by Gasteiger charge is -2.13. The van der Waals surface area contributed by atoms with Crippen LogP contribution in [0.3, 0.4) is 0 Å². The minimum absolute atomic E-state index is 0.0162. The van der Waals surface area contributed by atoms with Gasteiger partial charge in [-0.15, -0.1) is 0 Å². The van der Waals surface area contributed by atoms with Gasteiger partial charge >= 0.3 is 0 Å². The molecule has 1 aromatic carbocycles. The molecule has 1 aromatic heterocycles.